The smallest absolute Gasteiger partial charge is 0.311 e. The van der Waals surface area contributed by atoms with Gasteiger partial charge in [-0.1, -0.05) is 13.8 Å². The highest BCUT2D eigenvalue weighted by Gasteiger charge is 2.40. The van der Waals surface area contributed by atoms with Crippen LogP contribution < -0.4 is 4.72 Å². The van der Waals surface area contributed by atoms with E-state index in [-0.39, 0.29) is 12.3 Å². The van der Waals surface area contributed by atoms with E-state index in [0.717, 1.165) is 0 Å². The van der Waals surface area contributed by atoms with Gasteiger partial charge in [0.2, 0.25) is 10.0 Å². The fourth-order valence-electron chi connectivity index (χ4n) is 1.94. The maximum absolute atomic E-state index is 11.8. The number of carboxylic acids is 1. The molecule has 0 saturated carbocycles. The van der Waals surface area contributed by atoms with Gasteiger partial charge in [-0.2, -0.15) is 0 Å². The molecule has 1 aliphatic heterocycles. The van der Waals surface area contributed by atoms with Gasteiger partial charge in [0.15, 0.2) is 0 Å². The first-order chi connectivity index (χ1) is 8.77. The Morgan fingerprint density at radius 3 is 2.42 bits per heavy atom. The molecule has 0 amide bonds. The van der Waals surface area contributed by atoms with Gasteiger partial charge in [0.1, 0.15) is 0 Å². The number of aliphatic carboxylic acids is 1. The van der Waals surface area contributed by atoms with Crippen LogP contribution in [0.25, 0.3) is 0 Å². The monoisotopic (exact) mass is 293 g/mol. The van der Waals surface area contributed by atoms with Crippen LogP contribution in [0.3, 0.4) is 0 Å². The van der Waals surface area contributed by atoms with Crippen molar-refractivity contribution in [3.8, 4) is 0 Å². The molecular weight excluding hydrogens is 270 g/mol. The number of hydrogen-bond donors (Lipinski definition) is 2. The Morgan fingerprint density at radius 2 is 1.95 bits per heavy atom. The normalized spacial score (nSPS) is 19.5. The van der Waals surface area contributed by atoms with Crippen molar-refractivity contribution >= 4 is 16.0 Å². The van der Waals surface area contributed by atoms with Crippen molar-refractivity contribution in [3.05, 3.63) is 0 Å². The molecule has 1 heterocycles. The lowest BCUT2D eigenvalue weighted by molar-refractivity contribution is -0.154. The zero-order chi connectivity index (χ0) is 14.5. The summed E-state index contributed by atoms with van der Waals surface area (Å²) in [6, 6.07) is 0. The summed E-state index contributed by atoms with van der Waals surface area (Å²) >= 11 is 0. The van der Waals surface area contributed by atoms with E-state index in [1.807, 2.05) is 13.8 Å². The Morgan fingerprint density at radius 1 is 1.37 bits per heavy atom. The van der Waals surface area contributed by atoms with E-state index in [4.69, 9.17) is 4.74 Å². The highest BCUT2D eigenvalue weighted by molar-refractivity contribution is 7.89. The average molecular weight is 293 g/mol. The molecule has 0 aromatic carbocycles. The van der Waals surface area contributed by atoms with Crippen LogP contribution in [0.2, 0.25) is 0 Å². The predicted octanol–water partition coefficient (Wildman–Crippen LogP) is 0.833. The predicted molar refractivity (Wildman–Crippen MR) is 71.4 cm³/mol. The van der Waals surface area contributed by atoms with Crippen molar-refractivity contribution in [1.29, 1.82) is 0 Å². The molecule has 0 bridgehead atoms. The second kappa shape index (κ2) is 6.67. The number of sulfonamides is 1. The number of carbonyl (C=O) groups is 1. The Hall–Kier alpha value is -0.660. The summed E-state index contributed by atoms with van der Waals surface area (Å²) in [5.41, 5.74) is -1.02. The van der Waals surface area contributed by atoms with E-state index in [2.05, 4.69) is 4.72 Å². The minimum absolute atomic E-state index is 0.0386. The molecule has 0 aromatic rings. The van der Waals surface area contributed by atoms with E-state index in [9.17, 15) is 18.3 Å². The largest absolute Gasteiger partial charge is 0.481 e. The maximum atomic E-state index is 11.8. The molecule has 1 rings (SSSR count). The van der Waals surface area contributed by atoms with Crippen molar-refractivity contribution in [3.63, 3.8) is 0 Å². The van der Waals surface area contributed by atoms with Gasteiger partial charge < -0.3 is 9.84 Å². The fraction of sp³-hybridized carbons (Fsp3) is 0.917. The van der Waals surface area contributed by atoms with E-state index in [1.165, 1.54) is 0 Å². The Kier molecular flexibility index (Phi) is 5.76. The van der Waals surface area contributed by atoms with Gasteiger partial charge in [0.25, 0.3) is 0 Å². The van der Waals surface area contributed by atoms with Gasteiger partial charge >= 0.3 is 5.97 Å². The SMILES string of the molecule is CC(C)CCS(=O)(=O)NCC1(C(=O)O)CCOCC1. The Labute approximate surface area is 114 Å². The molecule has 6 nitrogen and oxygen atoms in total. The third-order valence-electron chi connectivity index (χ3n) is 3.50. The van der Waals surface area contributed by atoms with Crippen molar-refractivity contribution in [2.45, 2.75) is 33.1 Å². The van der Waals surface area contributed by atoms with E-state index >= 15 is 0 Å². The standard InChI is InChI=1S/C12H23NO5S/c1-10(2)3-8-19(16,17)13-9-12(11(14)15)4-6-18-7-5-12/h10,13H,3-9H2,1-2H3,(H,14,15). The van der Waals surface area contributed by atoms with Crippen molar-refractivity contribution in [2.75, 3.05) is 25.5 Å². The summed E-state index contributed by atoms with van der Waals surface area (Å²) in [5, 5.41) is 9.31. The van der Waals surface area contributed by atoms with E-state index in [1.54, 1.807) is 0 Å². The number of ether oxygens (including phenoxy) is 1. The molecule has 0 aromatic heterocycles. The lowest BCUT2D eigenvalue weighted by Gasteiger charge is -2.33. The second-order valence-electron chi connectivity index (χ2n) is 5.52. The van der Waals surface area contributed by atoms with Gasteiger partial charge in [-0.25, -0.2) is 13.1 Å². The zero-order valence-electron chi connectivity index (χ0n) is 11.5. The Bertz CT molecular complexity index is 398. The minimum Gasteiger partial charge on any atom is -0.481 e. The molecule has 0 radical (unpaired) electrons. The number of rotatable bonds is 7. The van der Waals surface area contributed by atoms with Crippen LogP contribution in [0.1, 0.15) is 33.1 Å². The molecule has 19 heavy (non-hydrogen) atoms. The number of carboxylic acid groups (broad SMARTS) is 1. The lowest BCUT2D eigenvalue weighted by Crippen LogP contribution is -2.47. The molecule has 1 saturated heterocycles. The number of hydrogen-bond acceptors (Lipinski definition) is 4. The minimum atomic E-state index is -3.40. The van der Waals surface area contributed by atoms with Crippen LogP contribution in [0, 0.1) is 11.3 Å². The van der Waals surface area contributed by atoms with Crippen molar-refractivity contribution in [1.82, 2.24) is 4.72 Å². The van der Waals surface area contributed by atoms with Crippen LogP contribution in [0.5, 0.6) is 0 Å². The molecular formula is C12H23NO5S. The molecule has 1 aliphatic rings. The summed E-state index contributed by atoms with van der Waals surface area (Å²) in [6.45, 7) is 4.58. The summed E-state index contributed by atoms with van der Waals surface area (Å²) < 4.78 is 31.2. The summed E-state index contributed by atoms with van der Waals surface area (Å²) in [5.74, 6) is -0.618. The summed E-state index contributed by atoms with van der Waals surface area (Å²) in [7, 11) is -3.40. The zero-order valence-corrected chi connectivity index (χ0v) is 12.3. The maximum Gasteiger partial charge on any atom is 0.311 e. The molecule has 1 fully saturated rings. The quantitative estimate of drug-likeness (QED) is 0.725. The second-order valence-corrected chi connectivity index (χ2v) is 7.45. The van der Waals surface area contributed by atoms with Crippen LogP contribution in [0.15, 0.2) is 0 Å². The molecule has 7 heteroatoms. The molecule has 0 aliphatic carbocycles. The third-order valence-corrected chi connectivity index (χ3v) is 4.86. The topological polar surface area (TPSA) is 92.7 Å². The summed E-state index contributed by atoms with van der Waals surface area (Å²) in [4.78, 5) is 11.4. The van der Waals surface area contributed by atoms with E-state index in [0.29, 0.717) is 38.4 Å². The van der Waals surface area contributed by atoms with Gasteiger partial charge in [-0.05, 0) is 25.2 Å². The molecule has 0 unspecified atom stereocenters. The molecule has 0 spiro atoms. The van der Waals surface area contributed by atoms with Gasteiger partial charge in [-0.15, -0.1) is 0 Å². The first kappa shape index (κ1) is 16.4. The first-order valence-corrected chi connectivity index (χ1v) is 8.21. The Balaban J connectivity index is 2.59. The van der Waals surface area contributed by atoms with Crippen LogP contribution >= 0.6 is 0 Å². The number of nitrogens with one attached hydrogen (secondary N) is 1. The highest BCUT2D eigenvalue weighted by Crippen LogP contribution is 2.30. The molecule has 2 N–H and O–H groups in total. The molecule has 112 valence electrons. The van der Waals surface area contributed by atoms with Gasteiger partial charge in [0.05, 0.1) is 11.2 Å². The fourth-order valence-corrected chi connectivity index (χ4v) is 3.36. The summed E-state index contributed by atoms with van der Waals surface area (Å²) in [6.07, 6.45) is 1.25. The first-order valence-electron chi connectivity index (χ1n) is 6.56. The van der Waals surface area contributed by atoms with Crippen LogP contribution in [0.4, 0.5) is 0 Å². The van der Waals surface area contributed by atoms with Gasteiger partial charge in [0, 0.05) is 19.8 Å². The third kappa shape index (κ3) is 5.08. The molecule has 0 atom stereocenters. The van der Waals surface area contributed by atoms with Crippen LogP contribution in [-0.2, 0) is 19.6 Å². The average Bonchev–Trinajstić information content (AvgIpc) is 2.35. The lowest BCUT2D eigenvalue weighted by atomic mass is 9.80. The van der Waals surface area contributed by atoms with E-state index < -0.39 is 21.4 Å². The van der Waals surface area contributed by atoms with Crippen molar-refractivity contribution < 1.29 is 23.1 Å². The highest BCUT2D eigenvalue weighted by atomic mass is 32.2. The van der Waals surface area contributed by atoms with Crippen LogP contribution in [-0.4, -0.2) is 45.0 Å². The van der Waals surface area contributed by atoms with Crippen molar-refractivity contribution in [2.24, 2.45) is 11.3 Å². The van der Waals surface area contributed by atoms with Gasteiger partial charge in [-0.3, -0.25) is 4.79 Å².